The van der Waals surface area contributed by atoms with E-state index in [9.17, 15) is 0 Å². The fourth-order valence-corrected chi connectivity index (χ4v) is 2.63. The molecule has 1 aromatic carbocycles. The monoisotopic (exact) mass is 240 g/mol. The maximum Gasteiger partial charge on any atom is 0.102 e. The van der Waals surface area contributed by atoms with E-state index in [0.717, 1.165) is 28.8 Å². The van der Waals surface area contributed by atoms with Crippen LogP contribution in [0.1, 0.15) is 12.6 Å². The van der Waals surface area contributed by atoms with E-state index in [1.807, 2.05) is 24.3 Å². The minimum atomic E-state index is 0.908. The maximum absolute atomic E-state index is 4.74. The molecule has 0 unspecified atom stereocenters. The largest absolute Gasteiger partial charge is 0.249 e. The fourth-order valence-electron chi connectivity index (χ4n) is 1.89. The molecular formula is C14H12N2S. The summed E-state index contributed by atoms with van der Waals surface area (Å²) in [4.78, 5) is 10.6. The second kappa shape index (κ2) is 4.26. The van der Waals surface area contributed by atoms with Crippen LogP contribution in [0.25, 0.3) is 21.6 Å². The van der Waals surface area contributed by atoms with Crippen LogP contribution in [0.3, 0.4) is 0 Å². The molecule has 2 heterocycles. The van der Waals surface area contributed by atoms with Gasteiger partial charge >= 0.3 is 0 Å². The lowest BCUT2D eigenvalue weighted by Crippen LogP contribution is -1.96. The number of aromatic nitrogens is 2. The first kappa shape index (κ1) is 10.4. The van der Waals surface area contributed by atoms with Gasteiger partial charge in [-0.15, -0.1) is 11.3 Å². The SMILES string of the molecule is CCc1nc2ccccc2nc1-c1cccs1. The van der Waals surface area contributed by atoms with Crippen LogP contribution in [0.2, 0.25) is 0 Å². The Morgan fingerprint density at radius 1 is 1.00 bits per heavy atom. The number of nitrogens with zero attached hydrogens (tertiary/aromatic N) is 2. The van der Waals surface area contributed by atoms with Gasteiger partial charge in [0.2, 0.25) is 0 Å². The van der Waals surface area contributed by atoms with Gasteiger partial charge in [-0.2, -0.15) is 0 Å². The summed E-state index contributed by atoms with van der Waals surface area (Å²) < 4.78 is 0. The summed E-state index contributed by atoms with van der Waals surface area (Å²) in [5.74, 6) is 0. The van der Waals surface area contributed by atoms with Gasteiger partial charge in [0.25, 0.3) is 0 Å². The molecular weight excluding hydrogens is 228 g/mol. The molecule has 0 saturated heterocycles. The molecule has 0 amide bonds. The Labute approximate surface area is 104 Å². The smallest absolute Gasteiger partial charge is 0.102 e. The highest BCUT2D eigenvalue weighted by Gasteiger charge is 2.09. The molecule has 0 N–H and O–H groups in total. The molecule has 17 heavy (non-hydrogen) atoms. The molecule has 0 fully saturated rings. The molecule has 0 atom stereocenters. The molecule has 2 nitrogen and oxygen atoms in total. The summed E-state index contributed by atoms with van der Waals surface area (Å²) in [6, 6.07) is 12.2. The summed E-state index contributed by atoms with van der Waals surface area (Å²) >= 11 is 1.71. The van der Waals surface area contributed by atoms with Gasteiger partial charge in [0.05, 0.1) is 21.6 Å². The van der Waals surface area contributed by atoms with Gasteiger partial charge in [0.15, 0.2) is 0 Å². The van der Waals surface area contributed by atoms with E-state index < -0.39 is 0 Å². The fraction of sp³-hybridized carbons (Fsp3) is 0.143. The molecule has 0 bridgehead atoms. The highest BCUT2D eigenvalue weighted by Crippen LogP contribution is 2.27. The number of benzene rings is 1. The normalized spacial score (nSPS) is 10.9. The van der Waals surface area contributed by atoms with Gasteiger partial charge in [-0.1, -0.05) is 25.1 Å². The van der Waals surface area contributed by atoms with Crippen LogP contribution >= 0.6 is 11.3 Å². The van der Waals surface area contributed by atoms with Crippen molar-refractivity contribution in [2.45, 2.75) is 13.3 Å². The first-order valence-electron chi connectivity index (χ1n) is 5.68. The van der Waals surface area contributed by atoms with E-state index in [1.165, 1.54) is 4.88 Å². The zero-order chi connectivity index (χ0) is 11.7. The quantitative estimate of drug-likeness (QED) is 0.678. The van der Waals surface area contributed by atoms with Crippen molar-refractivity contribution < 1.29 is 0 Å². The first-order valence-corrected chi connectivity index (χ1v) is 6.56. The van der Waals surface area contributed by atoms with E-state index in [-0.39, 0.29) is 0 Å². The molecule has 2 aromatic heterocycles. The zero-order valence-corrected chi connectivity index (χ0v) is 10.4. The topological polar surface area (TPSA) is 25.8 Å². The molecule has 0 radical (unpaired) electrons. The summed E-state index contributed by atoms with van der Waals surface area (Å²) in [6.07, 6.45) is 0.908. The van der Waals surface area contributed by atoms with Gasteiger partial charge in [0, 0.05) is 0 Å². The molecule has 0 aliphatic carbocycles. The Morgan fingerprint density at radius 2 is 1.76 bits per heavy atom. The number of hydrogen-bond acceptors (Lipinski definition) is 3. The number of thiophene rings is 1. The van der Waals surface area contributed by atoms with Crippen LogP contribution in [-0.2, 0) is 6.42 Å². The molecule has 84 valence electrons. The van der Waals surface area contributed by atoms with Gasteiger partial charge in [0.1, 0.15) is 5.69 Å². The summed E-state index contributed by atoms with van der Waals surface area (Å²) in [5.41, 5.74) is 4.05. The van der Waals surface area contributed by atoms with Crippen LogP contribution in [0, 0.1) is 0 Å². The molecule has 3 aromatic rings. The van der Waals surface area contributed by atoms with Crippen molar-refractivity contribution in [2.24, 2.45) is 0 Å². The van der Waals surface area contributed by atoms with Crippen LogP contribution in [0.5, 0.6) is 0 Å². The Balaban J connectivity index is 2.29. The lowest BCUT2D eigenvalue weighted by molar-refractivity contribution is 1.04. The number of rotatable bonds is 2. The first-order chi connectivity index (χ1) is 8.38. The van der Waals surface area contributed by atoms with Gasteiger partial charge in [-0.3, -0.25) is 0 Å². The van der Waals surface area contributed by atoms with Crippen molar-refractivity contribution >= 4 is 22.4 Å². The summed E-state index contributed by atoms with van der Waals surface area (Å²) in [6.45, 7) is 2.12. The molecule has 0 aliphatic heterocycles. The van der Waals surface area contributed by atoms with E-state index in [4.69, 9.17) is 9.97 Å². The van der Waals surface area contributed by atoms with Crippen LogP contribution in [0.4, 0.5) is 0 Å². The molecule has 3 rings (SSSR count). The van der Waals surface area contributed by atoms with Gasteiger partial charge in [-0.25, -0.2) is 9.97 Å². The van der Waals surface area contributed by atoms with Crippen molar-refractivity contribution in [3.63, 3.8) is 0 Å². The van der Waals surface area contributed by atoms with Gasteiger partial charge < -0.3 is 0 Å². The number of hydrogen-bond donors (Lipinski definition) is 0. The van der Waals surface area contributed by atoms with Crippen molar-refractivity contribution in [1.82, 2.24) is 9.97 Å². The lowest BCUT2D eigenvalue weighted by atomic mass is 10.2. The highest BCUT2D eigenvalue weighted by atomic mass is 32.1. The highest BCUT2D eigenvalue weighted by molar-refractivity contribution is 7.13. The third-order valence-corrected chi connectivity index (χ3v) is 3.61. The van der Waals surface area contributed by atoms with E-state index in [2.05, 4.69) is 24.4 Å². The standard InChI is InChI=1S/C14H12N2S/c1-2-10-14(13-8-5-9-17-13)16-12-7-4-3-6-11(12)15-10/h3-9H,2H2,1H3. The van der Waals surface area contributed by atoms with Crippen LogP contribution < -0.4 is 0 Å². The Hall–Kier alpha value is -1.74. The number of para-hydroxylation sites is 2. The number of aryl methyl sites for hydroxylation is 1. The second-order valence-electron chi connectivity index (χ2n) is 3.84. The Kier molecular flexibility index (Phi) is 2.61. The molecule has 0 aliphatic rings. The van der Waals surface area contributed by atoms with Crippen LogP contribution in [-0.4, -0.2) is 9.97 Å². The van der Waals surface area contributed by atoms with Gasteiger partial charge in [-0.05, 0) is 30.0 Å². The Morgan fingerprint density at radius 3 is 2.41 bits per heavy atom. The minimum Gasteiger partial charge on any atom is -0.249 e. The van der Waals surface area contributed by atoms with Crippen LogP contribution in [0.15, 0.2) is 41.8 Å². The van der Waals surface area contributed by atoms with Crippen molar-refractivity contribution in [2.75, 3.05) is 0 Å². The molecule has 3 heteroatoms. The molecule has 0 spiro atoms. The predicted octanol–water partition coefficient (Wildman–Crippen LogP) is 3.92. The third kappa shape index (κ3) is 1.83. The molecule has 0 saturated carbocycles. The maximum atomic E-state index is 4.74. The van der Waals surface area contributed by atoms with E-state index in [1.54, 1.807) is 11.3 Å². The van der Waals surface area contributed by atoms with E-state index in [0.29, 0.717) is 0 Å². The third-order valence-electron chi connectivity index (χ3n) is 2.73. The predicted molar refractivity (Wildman–Crippen MR) is 72.2 cm³/mol. The zero-order valence-electron chi connectivity index (χ0n) is 9.55. The van der Waals surface area contributed by atoms with Crippen molar-refractivity contribution in [3.8, 4) is 10.6 Å². The van der Waals surface area contributed by atoms with Crippen molar-refractivity contribution in [1.29, 1.82) is 0 Å². The average Bonchev–Trinajstić information content (AvgIpc) is 2.91. The van der Waals surface area contributed by atoms with E-state index >= 15 is 0 Å². The lowest BCUT2D eigenvalue weighted by Gasteiger charge is -2.06. The van der Waals surface area contributed by atoms with Crippen molar-refractivity contribution in [3.05, 3.63) is 47.5 Å². The second-order valence-corrected chi connectivity index (χ2v) is 4.79. The summed E-state index contributed by atoms with van der Waals surface area (Å²) in [7, 11) is 0. The summed E-state index contributed by atoms with van der Waals surface area (Å²) in [5, 5.41) is 2.08. The Bertz CT molecular complexity index is 644. The minimum absolute atomic E-state index is 0.908. The number of fused-ring (bicyclic) bond motifs is 1. The average molecular weight is 240 g/mol.